The number of hydrogen-bond acceptors (Lipinski definition) is 4. The molecule has 1 aromatic carbocycles. The molecule has 0 spiro atoms. The third-order valence-corrected chi connectivity index (χ3v) is 3.42. The average molecular weight is 334 g/mol. The van der Waals surface area contributed by atoms with E-state index < -0.39 is 5.82 Å². The number of nitriles is 1. The molecule has 1 heterocycles. The molecule has 2 rings (SSSR count). The molecule has 0 unspecified atom stereocenters. The van der Waals surface area contributed by atoms with Gasteiger partial charge < -0.3 is 4.74 Å². The highest BCUT2D eigenvalue weighted by atomic mass is 79.9. The quantitative estimate of drug-likeness (QED) is 0.820. The fraction of sp³-hybridized carbons (Fsp3) is 0. The van der Waals surface area contributed by atoms with Gasteiger partial charge in [0.05, 0.1) is 0 Å². The summed E-state index contributed by atoms with van der Waals surface area (Å²) in [6, 6.07) is 6.21. The normalized spacial score (nSPS) is 10.0. The molecule has 0 fully saturated rings. The van der Waals surface area contributed by atoms with E-state index in [1.54, 1.807) is 6.07 Å². The van der Waals surface area contributed by atoms with E-state index in [1.807, 2.05) is 6.07 Å². The van der Waals surface area contributed by atoms with Crippen LogP contribution in [0.3, 0.4) is 0 Å². The number of benzene rings is 1. The lowest BCUT2D eigenvalue weighted by Gasteiger charge is -2.04. The van der Waals surface area contributed by atoms with Gasteiger partial charge in [0.2, 0.25) is 5.06 Å². The number of nitrogens with zero attached hydrogens (tertiary/aromatic N) is 2. The van der Waals surface area contributed by atoms with Crippen molar-refractivity contribution >= 4 is 39.1 Å². The van der Waals surface area contributed by atoms with Crippen molar-refractivity contribution < 1.29 is 9.13 Å². The Balaban J connectivity index is 2.35. The van der Waals surface area contributed by atoms with Crippen molar-refractivity contribution in [2.75, 3.05) is 0 Å². The molecule has 0 saturated carbocycles. The molecule has 0 N–H and O–H groups in total. The minimum Gasteiger partial charge on any atom is -0.441 e. The Morgan fingerprint density at radius 1 is 1.53 bits per heavy atom. The topological polar surface area (TPSA) is 45.9 Å². The van der Waals surface area contributed by atoms with E-state index in [0.717, 1.165) is 11.5 Å². The zero-order valence-electron chi connectivity index (χ0n) is 8.08. The summed E-state index contributed by atoms with van der Waals surface area (Å²) in [5.74, 6) is -0.516. The standard InChI is InChI=1S/C10H3BrClFN2OS/c11-5-1-2-8(7(13)3-5)16-10-6(4-14)9(12)15-17-10/h1-3H. The number of halogens is 3. The maximum Gasteiger partial charge on any atom is 0.219 e. The molecule has 3 nitrogen and oxygen atoms in total. The summed E-state index contributed by atoms with van der Waals surface area (Å²) in [5, 5.41) is 9.07. The largest absolute Gasteiger partial charge is 0.441 e. The molecule has 0 aliphatic carbocycles. The number of ether oxygens (including phenoxy) is 1. The number of rotatable bonds is 2. The van der Waals surface area contributed by atoms with Gasteiger partial charge in [-0.05, 0) is 18.2 Å². The Hall–Kier alpha value is -1.16. The molecule has 0 atom stereocenters. The SMILES string of the molecule is N#Cc1c(Cl)nsc1Oc1ccc(Br)cc1F. The van der Waals surface area contributed by atoms with Gasteiger partial charge in [-0.2, -0.15) is 9.64 Å². The Morgan fingerprint density at radius 3 is 2.94 bits per heavy atom. The lowest BCUT2D eigenvalue weighted by Crippen LogP contribution is -1.88. The summed E-state index contributed by atoms with van der Waals surface area (Å²) in [6.07, 6.45) is 0. The van der Waals surface area contributed by atoms with E-state index in [4.69, 9.17) is 21.6 Å². The summed E-state index contributed by atoms with van der Waals surface area (Å²) < 4.78 is 23.1. The van der Waals surface area contributed by atoms with Crippen molar-refractivity contribution in [2.24, 2.45) is 0 Å². The van der Waals surface area contributed by atoms with Gasteiger partial charge in [-0.3, -0.25) is 0 Å². The van der Waals surface area contributed by atoms with Crippen molar-refractivity contribution in [3.8, 4) is 16.9 Å². The molecule has 86 valence electrons. The van der Waals surface area contributed by atoms with Gasteiger partial charge in [0, 0.05) is 16.0 Å². The predicted octanol–water partition coefficient (Wildman–Crippen LogP) is 4.36. The second-order valence-electron chi connectivity index (χ2n) is 2.92. The fourth-order valence-electron chi connectivity index (χ4n) is 1.08. The van der Waals surface area contributed by atoms with Gasteiger partial charge in [-0.15, -0.1) is 0 Å². The van der Waals surface area contributed by atoms with Crippen LogP contribution in [0.25, 0.3) is 0 Å². The monoisotopic (exact) mass is 332 g/mol. The van der Waals surface area contributed by atoms with Crippen LogP contribution in [0.15, 0.2) is 22.7 Å². The van der Waals surface area contributed by atoms with Gasteiger partial charge in [0.25, 0.3) is 0 Å². The van der Waals surface area contributed by atoms with Crippen molar-refractivity contribution in [3.05, 3.63) is 39.2 Å². The Morgan fingerprint density at radius 2 is 2.29 bits per heavy atom. The summed E-state index contributed by atoms with van der Waals surface area (Å²) in [4.78, 5) is 0. The molecule has 0 amide bonds. The Kier molecular flexibility index (Phi) is 3.62. The zero-order valence-corrected chi connectivity index (χ0v) is 11.2. The van der Waals surface area contributed by atoms with Crippen LogP contribution in [-0.2, 0) is 0 Å². The number of aromatic nitrogens is 1. The second kappa shape index (κ2) is 5.00. The predicted molar refractivity (Wildman–Crippen MR) is 66.0 cm³/mol. The van der Waals surface area contributed by atoms with Crippen molar-refractivity contribution in [1.82, 2.24) is 4.37 Å². The van der Waals surface area contributed by atoms with Gasteiger partial charge in [-0.1, -0.05) is 27.5 Å². The molecule has 0 saturated heterocycles. The highest BCUT2D eigenvalue weighted by Crippen LogP contribution is 2.35. The first-order valence-corrected chi connectivity index (χ1v) is 6.24. The molecule has 7 heteroatoms. The van der Waals surface area contributed by atoms with Gasteiger partial charge in [0.15, 0.2) is 16.7 Å². The second-order valence-corrected chi connectivity index (χ2v) is 4.93. The Bertz CT molecular complexity index is 611. The minimum atomic E-state index is -0.534. The van der Waals surface area contributed by atoms with E-state index in [0.29, 0.717) is 4.47 Å². The van der Waals surface area contributed by atoms with E-state index >= 15 is 0 Å². The summed E-state index contributed by atoms with van der Waals surface area (Å²) in [6.45, 7) is 0. The van der Waals surface area contributed by atoms with Crippen molar-refractivity contribution in [2.45, 2.75) is 0 Å². The maximum atomic E-state index is 13.5. The molecule has 17 heavy (non-hydrogen) atoms. The lowest BCUT2D eigenvalue weighted by atomic mass is 10.3. The van der Waals surface area contributed by atoms with E-state index in [1.165, 1.54) is 12.1 Å². The first kappa shape index (κ1) is 12.3. The first-order chi connectivity index (χ1) is 8.11. The van der Waals surface area contributed by atoms with Crippen LogP contribution in [-0.4, -0.2) is 4.37 Å². The van der Waals surface area contributed by atoms with Crippen LogP contribution in [0, 0.1) is 17.1 Å². The molecule has 2 aromatic rings. The van der Waals surface area contributed by atoms with Crippen molar-refractivity contribution in [3.63, 3.8) is 0 Å². The van der Waals surface area contributed by atoms with E-state index in [2.05, 4.69) is 20.3 Å². The van der Waals surface area contributed by atoms with Gasteiger partial charge >= 0.3 is 0 Å². The zero-order chi connectivity index (χ0) is 12.4. The lowest BCUT2D eigenvalue weighted by molar-refractivity contribution is 0.451. The molecular weight excluding hydrogens is 331 g/mol. The molecular formula is C10H3BrClFN2OS. The molecule has 0 aliphatic rings. The first-order valence-electron chi connectivity index (χ1n) is 4.30. The van der Waals surface area contributed by atoms with E-state index in [9.17, 15) is 4.39 Å². The van der Waals surface area contributed by atoms with E-state index in [-0.39, 0.29) is 21.5 Å². The summed E-state index contributed by atoms with van der Waals surface area (Å²) >= 11 is 9.71. The Labute approximate surface area is 114 Å². The molecule has 0 radical (unpaired) electrons. The highest BCUT2D eigenvalue weighted by molar-refractivity contribution is 9.10. The number of hydrogen-bond donors (Lipinski definition) is 0. The molecule has 0 aliphatic heterocycles. The van der Waals surface area contributed by atoms with Crippen LogP contribution < -0.4 is 4.74 Å². The third kappa shape index (κ3) is 2.57. The summed E-state index contributed by atoms with van der Waals surface area (Å²) in [5.41, 5.74) is 0.110. The van der Waals surface area contributed by atoms with Crippen molar-refractivity contribution in [1.29, 1.82) is 5.26 Å². The van der Waals surface area contributed by atoms with Crippen LogP contribution in [0.2, 0.25) is 5.15 Å². The average Bonchev–Trinajstić information content (AvgIpc) is 2.63. The highest BCUT2D eigenvalue weighted by Gasteiger charge is 2.15. The minimum absolute atomic E-state index is 0.0185. The molecule has 1 aromatic heterocycles. The fourth-order valence-corrected chi connectivity index (χ4v) is 2.31. The maximum absolute atomic E-state index is 13.5. The smallest absolute Gasteiger partial charge is 0.219 e. The van der Waals surface area contributed by atoms with Crippen LogP contribution in [0.1, 0.15) is 5.56 Å². The van der Waals surface area contributed by atoms with Crippen LogP contribution in [0.4, 0.5) is 4.39 Å². The van der Waals surface area contributed by atoms with Gasteiger partial charge in [0.1, 0.15) is 11.6 Å². The van der Waals surface area contributed by atoms with Crippen LogP contribution in [0.5, 0.6) is 10.8 Å². The van der Waals surface area contributed by atoms with Gasteiger partial charge in [-0.25, -0.2) is 4.39 Å². The third-order valence-electron chi connectivity index (χ3n) is 1.83. The van der Waals surface area contributed by atoms with Crippen LogP contribution >= 0.6 is 39.1 Å². The molecule has 0 bridgehead atoms. The summed E-state index contributed by atoms with van der Waals surface area (Å²) in [7, 11) is 0.